The first kappa shape index (κ1) is 15.5. The van der Waals surface area contributed by atoms with Gasteiger partial charge >= 0.3 is 6.03 Å². The molecule has 1 aliphatic carbocycles. The zero-order valence-corrected chi connectivity index (χ0v) is 13.2. The molecule has 0 heterocycles. The Labute approximate surface area is 136 Å². The minimum atomic E-state index is -0.310. The molecule has 1 saturated carbocycles. The Morgan fingerprint density at radius 3 is 2.43 bits per heavy atom. The van der Waals surface area contributed by atoms with E-state index in [1.807, 2.05) is 42.2 Å². The van der Waals surface area contributed by atoms with Crippen LogP contribution in [0.4, 0.5) is 14.9 Å². The highest BCUT2D eigenvalue weighted by Gasteiger charge is 2.30. The summed E-state index contributed by atoms with van der Waals surface area (Å²) < 4.78 is 13.0. The standard InChI is InChI=1S/C19H21FN2O/c1-14(16-5-3-2-4-6-16)22(13-15-7-8-15)19(23)21-18-11-9-17(20)10-12-18/h2-6,9-12,14-15H,7-8,13H2,1H3,(H,21,23). The van der Waals surface area contributed by atoms with Crippen LogP contribution in [0.1, 0.15) is 31.4 Å². The lowest BCUT2D eigenvalue weighted by molar-refractivity contribution is 0.189. The van der Waals surface area contributed by atoms with Gasteiger partial charge in [0.25, 0.3) is 0 Å². The Kier molecular flexibility index (Phi) is 4.60. The van der Waals surface area contributed by atoms with Crippen LogP contribution in [-0.2, 0) is 0 Å². The van der Waals surface area contributed by atoms with Crippen molar-refractivity contribution in [2.75, 3.05) is 11.9 Å². The summed E-state index contributed by atoms with van der Waals surface area (Å²) in [5.41, 5.74) is 1.72. The molecular weight excluding hydrogens is 291 g/mol. The topological polar surface area (TPSA) is 32.3 Å². The molecule has 120 valence electrons. The molecule has 1 fully saturated rings. The van der Waals surface area contributed by atoms with E-state index in [9.17, 15) is 9.18 Å². The highest BCUT2D eigenvalue weighted by Crippen LogP contribution is 2.33. The zero-order chi connectivity index (χ0) is 16.2. The molecule has 0 spiro atoms. The Morgan fingerprint density at radius 1 is 1.17 bits per heavy atom. The van der Waals surface area contributed by atoms with Crippen molar-refractivity contribution in [2.24, 2.45) is 5.92 Å². The molecule has 1 atom stereocenters. The van der Waals surface area contributed by atoms with Gasteiger partial charge in [0.15, 0.2) is 0 Å². The number of anilines is 1. The van der Waals surface area contributed by atoms with Crippen LogP contribution in [0.5, 0.6) is 0 Å². The van der Waals surface area contributed by atoms with E-state index in [1.54, 1.807) is 12.1 Å². The van der Waals surface area contributed by atoms with Crippen LogP contribution in [0.25, 0.3) is 0 Å². The maximum Gasteiger partial charge on any atom is 0.322 e. The van der Waals surface area contributed by atoms with Crippen LogP contribution in [0, 0.1) is 11.7 Å². The number of amides is 2. The second-order valence-electron chi connectivity index (χ2n) is 6.12. The van der Waals surface area contributed by atoms with Gasteiger partial charge < -0.3 is 10.2 Å². The zero-order valence-electron chi connectivity index (χ0n) is 13.2. The number of rotatable bonds is 5. The number of hydrogen-bond donors (Lipinski definition) is 1. The van der Waals surface area contributed by atoms with Crippen LogP contribution >= 0.6 is 0 Å². The summed E-state index contributed by atoms with van der Waals surface area (Å²) >= 11 is 0. The van der Waals surface area contributed by atoms with Crippen molar-refractivity contribution in [2.45, 2.75) is 25.8 Å². The average Bonchev–Trinajstić information content (AvgIpc) is 3.39. The van der Waals surface area contributed by atoms with E-state index < -0.39 is 0 Å². The van der Waals surface area contributed by atoms with E-state index in [0.29, 0.717) is 11.6 Å². The van der Waals surface area contributed by atoms with Crippen molar-refractivity contribution < 1.29 is 9.18 Å². The molecule has 1 unspecified atom stereocenters. The number of halogens is 1. The van der Waals surface area contributed by atoms with Gasteiger partial charge in [0.2, 0.25) is 0 Å². The lowest BCUT2D eigenvalue weighted by atomic mass is 10.1. The van der Waals surface area contributed by atoms with E-state index in [-0.39, 0.29) is 17.9 Å². The largest absolute Gasteiger partial charge is 0.322 e. The molecule has 1 N–H and O–H groups in total. The van der Waals surface area contributed by atoms with Gasteiger partial charge in [-0.1, -0.05) is 30.3 Å². The van der Waals surface area contributed by atoms with Crippen molar-refractivity contribution in [3.63, 3.8) is 0 Å². The van der Waals surface area contributed by atoms with Crippen molar-refractivity contribution in [1.82, 2.24) is 4.90 Å². The number of nitrogens with zero attached hydrogens (tertiary/aromatic N) is 1. The van der Waals surface area contributed by atoms with Gasteiger partial charge in [-0.05, 0) is 55.5 Å². The van der Waals surface area contributed by atoms with E-state index >= 15 is 0 Å². The van der Waals surface area contributed by atoms with Gasteiger partial charge in [-0.3, -0.25) is 0 Å². The quantitative estimate of drug-likeness (QED) is 0.842. The monoisotopic (exact) mass is 312 g/mol. The molecule has 0 saturated heterocycles. The number of hydrogen-bond acceptors (Lipinski definition) is 1. The Morgan fingerprint density at radius 2 is 1.83 bits per heavy atom. The molecule has 1 aliphatic rings. The Hall–Kier alpha value is -2.36. The van der Waals surface area contributed by atoms with Gasteiger partial charge in [-0.25, -0.2) is 9.18 Å². The molecular formula is C19H21FN2O. The number of urea groups is 1. The summed E-state index contributed by atoms with van der Waals surface area (Å²) in [6, 6.07) is 15.7. The summed E-state index contributed by atoms with van der Waals surface area (Å²) in [5.74, 6) is 0.288. The normalized spacial score (nSPS) is 15.0. The summed E-state index contributed by atoms with van der Waals surface area (Å²) in [5, 5.41) is 2.87. The summed E-state index contributed by atoms with van der Waals surface area (Å²) in [4.78, 5) is 14.6. The van der Waals surface area contributed by atoms with Crippen molar-refractivity contribution in [3.8, 4) is 0 Å². The summed E-state index contributed by atoms with van der Waals surface area (Å²) in [6.45, 7) is 2.80. The van der Waals surface area contributed by atoms with Gasteiger partial charge in [0.1, 0.15) is 5.82 Å². The Balaban J connectivity index is 1.74. The average molecular weight is 312 g/mol. The minimum absolute atomic E-state index is 0.00255. The van der Waals surface area contributed by atoms with E-state index in [1.165, 1.54) is 25.0 Å². The molecule has 23 heavy (non-hydrogen) atoms. The van der Waals surface area contributed by atoms with Gasteiger partial charge in [-0.2, -0.15) is 0 Å². The molecule has 3 rings (SSSR count). The maximum atomic E-state index is 13.0. The van der Waals surface area contributed by atoms with E-state index in [2.05, 4.69) is 5.32 Å². The highest BCUT2D eigenvalue weighted by molar-refractivity contribution is 5.89. The van der Waals surface area contributed by atoms with Crippen LogP contribution in [0.15, 0.2) is 54.6 Å². The fourth-order valence-electron chi connectivity index (χ4n) is 2.64. The van der Waals surface area contributed by atoms with Crippen LogP contribution < -0.4 is 5.32 Å². The number of nitrogens with one attached hydrogen (secondary N) is 1. The molecule has 0 aromatic heterocycles. The van der Waals surface area contributed by atoms with Crippen molar-refractivity contribution in [3.05, 3.63) is 66.0 Å². The second kappa shape index (κ2) is 6.82. The first-order valence-electron chi connectivity index (χ1n) is 8.01. The third kappa shape index (κ3) is 4.09. The van der Waals surface area contributed by atoms with Gasteiger partial charge in [0.05, 0.1) is 6.04 Å². The van der Waals surface area contributed by atoms with Crippen molar-refractivity contribution >= 4 is 11.7 Å². The molecule has 3 nitrogen and oxygen atoms in total. The first-order chi connectivity index (χ1) is 11.1. The van der Waals surface area contributed by atoms with Crippen molar-refractivity contribution in [1.29, 1.82) is 0 Å². The van der Waals surface area contributed by atoms with Crippen LogP contribution in [0.2, 0.25) is 0 Å². The molecule has 4 heteroatoms. The first-order valence-corrected chi connectivity index (χ1v) is 8.01. The molecule has 0 radical (unpaired) electrons. The lowest BCUT2D eigenvalue weighted by Crippen LogP contribution is -2.38. The fourth-order valence-corrected chi connectivity index (χ4v) is 2.64. The summed E-state index contributed by atoms with van der Waals surface area (Å²) in [7, 11) is 0. The van der Waals surface area contributed by atoms with E-state index in [0.717, 1.165) is 12.1 Å². The predicted octanol–water partition coefficient (Wildman–Crippen LogP) is 4.83. The minimum Gasteiger partial charge on any atom is -0.317 e. The summed E-state index contributed by atoms with van der Waals surface area (Å²) in [6.07, 6.45) is 2.36. The smallest absolute Gasteiger partial charge is 0.317 e. The maximum absolute atomic E-state index is 13.0. The predicted molar refractivity (Wildman–Crippen MR) is 89.7 cm³/mol. The number of benzene rings is 2. The fraction of sp³-hybridized carbons (Fsp3) is 0.316. The van der Waals surface area contributed by atoms with Gasteiger partial charge in [-0.15, -0.1) is 0 Å². The molecule has 0 aliphatic heterocycles. The number of carbonyl (C=O) groups is 1. The highest BCUT2D eigenvalue weighted by atomic mass is 19.1. The molecule has 2 amide bonds. The third-order valence-electron chi connectivity index (χ3n) is 4.26. The second-order valence-corrected chi connectivity index (χ2v) is 6.12. The molecule has 2 aromatic rings. The number of carbonyl (C=O) groups excluding carboxylic acids is 1. The SMILES string of the molecule is CC(c1ccccc1)N(CC1CC1)C(=O)Nc1ccc(F)cc1. The van der Waals surface area contributed by atoms with Crippen LogP contribution in [0.3, 0.4) is 0 Å². The molecule has 0 bridgehead atoms. The Bertz CT molecular complexity index is 653. The van der Waals surface area contributed by atoms with E-state index in [4.69, 9.17) is 0 Å². The third-order valence-corrected chi connectivity index (χ3v) is 4.26. The lowest BCUT2D eigenvalue weighted by Gasteiger charge is -2.30. The van der Waals surface area contributed by atoms with Gasteiger partial charge in [0, 0.05) is 12.2 Å². The molecule has 2 aromatic carbocycles. The van der Waals surface area contributed by atoms with Crippen LogP contribution in [-0.4, -0.2) is 17.5 Å².